The van der Waals surface area contributed by atoms with Crippen molar-refractivity contribution >= 4 is 29.1 Å². The number of carbonyl (C=O) groups excluding carboxylic acids is 1. The molecule has 0 aliphatic heterocycles. The van der Waals surface area contributed by atoms with E-state index in [2.05, 4.69) is 10.4 Å². The molecule has 1 aromatic heterocycles. The highest BCUT2D eigenvalue weighted by atomic mass is 35.5. The molecule has 0 radical (unpaired) electrons. The van der Waals surface area contributed by atoms with Gasteiger partial charge in [0.2, 0.25) is 0 Å². The number of amides is 1. The van der Waals surface area contributed by atoms with Crippen molar-refractivity contribution in [3.05, 3.63) is 81.6 Å². The summed E-state index contributed by atoms with van der Waals surface area (Å²) < 4.78 is 7.47. The molecular formula is C20H19Cl2N3O2. The molecular weight excluding hydrogens is 385 g/mol. The van der Waals surface area contributed by atoms with Gasteiger partial charge in [-0.25, -0.2) is 0 Å². The lowest BCUT2D eigenvalue weighted by molar-refractivity contribution is 0.0951. The zero-order chi connectivity index (χ0) is 19.2. The van der Waals surface area contributed by atoms with E-state index < -0.39 is 0 Å². The second-order valence-electron chi connectivity index (χ2n) is 6.10. The summed E-state index contributed by atoms with van der Waals surface area (Å²) in [7, 11) is 0. The molecule has 0 atom stereocenters. The van der Waals surface area contributed by atoms with Gasteiger partial charge in [0.1, 0.15) is 12.4 Å². The molecule has 7 heteroatoms. The van der Waals surface area contributed by atoms with Gasteiger partial charge < -0.3 is 10.1 Å². The Balaban J connectivity index is 1.56. The standard InChI is InChI=1S/C20H19Cl2N3O2/c1-14-5-6-18(22)19(9-14)27-13-15-3-2-4-16(10-15)20(26)23-7-8-25-12-17(21)11-24-25/h2-6,9-12H,7-8,13H2,1H3,(H,23,26). The summed E-state index contributed by atoms with van der Waals surface area (Å²) in [6.07, 6.45) is 3.27. The first-order valence-electron chi connectivity index (χ1n) is 8.45. The zero-order valence-electron chi connectivity index (χ0n) is 14.8. The Hall–Kier alpha value is -2.50. The van der Waals surface area contributed by atoms with Crippen LogP contribution in [0.3, 0.4) is 0 Å². The molecule has 0 saturated heterocycles. The number of hydrogen-bond donors (Lipinski definition) is 1. The Morgan fingerprint density at radius 3 is 2.85 bits per heavy atom. The van der Waals surface area contributed by atoms with Crippen molar-refractivity contribution in [1.29, 1.82) is 0 Å². The van der Waals surface area contributed by atoms with Crippen molar-refractivity contribution in [2.45, 2.75) is 20.1 Å². The van der Waals surface area contributed by atoms with Crippen LogP contribution >= 0.6 is 23.2 Å². The normalized spacial score (nSPS) is 10.6. The molecule has 0 unspecified atom stereocenters. The van der Waals surface area contributed by atoms with Crippen LogP contribution in [0.5, 0.6) is 5.75 Å². The number of benzene rings is 2. The highest BCUT2D eigenvalue weighted by Crippen LogP contribution is 2.26. The molecule has 1 amide bonds. The predicted octanol–water partition coefficient (Wildman–Crippen LogP) is 4.51. The van der Waals surface area contributed by atoms with Gasteiger partial charge in [-0.05, 0) is 42.3 Å². The van der Waals surface area contributed by atoms with E-state index in [1.165, 1.54) is 0 Å². The quantitative estimate of drug-likeness (QED) is 0.631. The van der Waals surface area contributed by atoms with E-state index >= 15 is 0 Å². The van der Waals surface area contributed by atoms with Crippen molar-refractivity contribution in [3.63, 3.8) is 0 Å². The van der Waals surface area contributed by atoms with Crippen LogP contribution in [0.15, 0.2) is 54.9 Å². The van der Waals surface area contributed by atoms with Gasteiger partial charge in [-0.2, -0.15) is 5.10 Å². The highest BCUT2D eigenvalue weighted by molar-refractivity contribution is 6.32. The van der Waals surface area contributed by atoms with E-state index in [4.69, 9.17) is 27.9 Å². The van der Waals surface area contributed by atoms with Gasteiger partial charge in [-0.1, -0.05) is 41.4 Å². The number of nitrogens with zero attached hydrogens (tertiary/aromatic N) is 2. The summed E-state index contributed by atoms with van der Waals surface area (Å²) in [5.41, 5.74) is 2.53. The van der Waals surface area contributed by atoms with Gasteiger partial charge in [0, 0.05) is 18.3 Å². The number of aryl methyl sites for hydroxylation is 1. The maximum Gasteiger partial charge on any atom is 0.251 e. The lowest BCUT2D eigenvalue weighted by atomic mass is 10.1. The topological polar surface area (TPSA) is 56.1 Å². The number of halogens is 2. The minimum atomic E-state index is -0.149. The first kappa shape index (κ1) is 19.3. The van der Waals surface area contributed by atoms with Crippen molar-refractivity contribution < 1.29 is 9.53 Å². The molecule has 3 rings (SSSR count). The van der Waals surface area contributed by atoms with Crippen LogP contribution in [0.25, 0.3) is 0 Å². The van der Waals surface area contributed by atoms with Crippen molar-refractivity contribution in [3.8, 4) is 5.75 Å². The molecule has 5 nitrogen and oxygen atoms in total. The van der Waals surface area contributed by atoms with Gasteiger partial charge in [-0.15, -0.1) is 0 Å². The molecule has 0 fully saturated rings. The second kappa shape index (κ2) is 8.93. The van der Waals surface area contributed by atoms with Gasteiger partial charge >= 0.3 is 0 Å². The van der Waals surface area contributed by atoms with Gasteiger partial charge in [0.15, 0.2) is 0 Å². The summed E-state index contributed by atoms with van der Waals surface area (Å²) in [5, 5.41) is 8.08. The molecule has 0 aliphatic rings. The second-order valence-corrected chi connectivity index (χ2v) is 6.94. The van der Waals surface area contributed by atoms with E-state index in [9.17, 15) is 4.79 Å². The third-order valence-corrected chi connectivity index (χ3v) is 4.41. The van der Waals surface area contributed by atoms with Crippen LogP contribution in [0.4, 0.5) is 0 Å². The van der Waals surface area contributed by atoms with Crippen molar-refractivity contribution in [1.82, 2.24) is 15.1 Å². The van der Waals surface area contributed by atoms with Crippen LogP contribution in [0.1, 0.15) is 21.5 Å². The lowest BCUT2D eigenvalue weighted by Crippen LogP contribution is -2.27. The number of ether oxygens (including phenoxy) is 1. The molecule has 2 aromatic carbocycles. The monoisotopic (exact) mass is 403 g/mol. The molecule has 1 heterocycles. The van der Waals surface area contributed by atoms with Crippen LogP contribution in [-0.4, -0.2) is 22.2 Å². The number of rotatable bonds is 7. The average molecular weight is 404 g/mol. The van der Waals surface area contributed by atoms with Crippen LogP contribution in [-0.2, 0) is 13.2 Å². The fourth-order valence-corrected chi connectivity index (χ4v) is 2.86. The summed E-state index contributed by atoms with van der Waals surface area (Å²) in [6, 6.07) is 12.9. The van der Waals surface area contributed by atoms with Crippen LogP contribution < -0.4 is 10.1 Å². The largest absolute Gasteiger partial charge is 0.487 e. The van der Waals surface area contributed by atoms with Gasteiger partial charge in [0.25, 0.3) is 5.91 Å². The predicted molar refractivity (Wildman–Crippen MR) is 107 cm³/mol. The number of aromatic nitrogens is 2. The van der Waals surface area contributed by atoms with Crippen LogP contribution in [0, 0.1) is 6.92 Å². The fourth-order valence-electron chi connectivity index (χ4n) is 2.53. The first-order chi connectivity index (χ1) is 13.0. The number of hydrogen-bond acceptors (Lipinski definition) is 3. The van der Waals surface area contributed by atoms with Gasteiger partial charge in [0.05, 0.1) is 22.8 Å². The maximum atomic E-state index is 12.3. The molecule has 0 saturated carbocycles. The minimum Gasteiger partial charge on any atom is -0.487 e. The maximum absolute atomic E-state index is 12.3. The third kappa shape index (κ3) is 5.49. The molecule has 1 N–H and O–H groups in total. The molecule has 0 aliphatic carbocycles. The summed E-state index contributed by atoms with van der Waals surface area (Å²) in [5.74, 6) is 0.480. The van der Waals surface area contributed by atoms with E-state index in [-0.39, 0.29) is 5.91 Å². The Morgan fingerprint density at radius 1 is 1.22 bits per heavy atom. The average Bonchev–Trinajstić information content (AvgIpc) is 3.08. The van der Waals surface area contributed by atoms with E-state index in [0.29, 0.717) is 41.1 Å². The molecule has 3 aromatic rings. The summed E-state index contributed by atoms with van der Waals surface area (Å²) in [4.78, 5) is 12.3. The minimum absolute atomic E-state index is 0.149. The third-order valence-electron chi connectivity index (χ3n) is 3.90. The lowest BCUT2D eigenvalue weighted by Gasteiger charge is -2.10. The van der Waals surface area contributed by atoms with Gasteiger partial charge in [-0.3, -0.25) is 9.48 Å². The Morgan fingerprint density at radius 2 is 2.07 bits per heavy atom. The Bertz CT molecular complexity index is 940. The fraction of sp³-hybridized carbons (Fsp3) is 0.200. The highest BCUT2D eigenvalue weighted by Gasteiger charge is 2.08. The van der Waals surface area contributed by atoms with Crippen molar-refractivity contribution in [2.75, 3.05) is 6.54 Å². The van der Waals surface area contributed by atoms with Crippen molar-refractivity contribution in [2.24, 2.45) is 0 Å². The Labute approximate surface area is 167 Å². The van der Waals surface area contributed by atoms with Crippen LogP contribution in [0.2, 0.25) is 10.0 Å². The van der Waals surface area contributed by atoms with E-state index in [1.807, 2.05) is 43.3 Å². The first-order valence-corrected chi connectivity index (χ1v) is 9.21. The van der Waals surface area contributed by atoms with E-state index in [0.717, 1.165) is 11.1 Å². The Kier molecular flexibility index (Phi) is 6.37. The summed E-state index contributed by atoms with van der Waals surface area (Å²) in [6.45, 7) is 3.31. The smallest absolute Gasteiger partial charge is 0.251 e. The molecule has 0 bridgehead atoms. The summed E-state index contributed by atoms with van der Waals surface area (Å²) >= 11 is 12.0. The molecule has 140 valence electrons. The molecule has 0 spiro atoms. The molecule has 27 heavy (non-hydrogen) atoms. The zero-order valence-corrected chi connectivity index (χ0v) is 16.3. The number of carbonyl (C=O) groups is 1. The number of nitrogens with one attached hydrogen (secondary N) is 1. The SMILES string of the molecule is Cc1ccc(Cl)c(OCc2cccc(C(=O)NCCn3cc(Cl)cn3)c2)c1. The van der Waals surface area contributed by atoms with E-state index in [1.54, 1.807) is 23.1 Å².